The second-order valence-corrected chi connectivity index (χ2v) is 4.57. The molecule has 4 nitrogen and oxygen atoms in total. The summed E-state index contributed by atoms with van der Waals surface area (Å²) in [6.45, 7) is 8.85. The highest BCUT2D eigenvalue weighted by atomic mass is 16.2. The van der Waals surface area contributed by atoms with Crippen molar-refractivity contribution < 1.29 is 4.79 Å². The van der Waals surface area contributed by atoms with Gasteiger partial charge >= 0.3 is 0 Å². The van der Waals surface area contributed by atoms with Gasteiger partial charge in [-0.25, -0.2) is 0 Å². The molecule has 100 valence electrons. The van der Waals surface area contributed by atoms with Crippen LogP contribution in [0.3, 0.4) is 0 Å². The number of nitrogens with one attached hydrogen (secondary N) is 1. The third kappa shape index (κ3) is 3.22. The zero-order valence-corrected chi connectivity index (χ0v) is 11.9. The van der Waals surface area contributed by atoms with Crippen LogP contribution in [0.1, 0.15) is 43.2 Å². The molecule has 0 aromatic carbocycles. The fourth-order valence-corrected chi connectivity index (χ4v) is 1.73. The molecular formula is C14H23N3O. The topological polar surface area (TPSA) is 45.2 Å². The molecular weight excluding hydrogens is 226 g/mol. The van der Waals surface area contributed by atoms with Crippen LogP contribution in [0, 0.1) is 6.92 Å². The molecule has 18 heavy (non-hydrogen) atoms. The van der Waals surface area contributed by atoms with Gasteiger partial charge in [0, 0.05) is 31.5 Å². The number of pyridine rings is 1. The summed E-state index contributed by atoms with van der Waals surface area (Å²) in [6.07, 6.45) is 2.60. The number of carbonyl (C=O) groups excluding carboxylic acids is 1. The maximum Gasteiger partial charge on any atom is 0.257 e. The zero-order chi connectivity index (χ0) is 13.7. The first kappa shape index (κ1) is 14.5. The Morgan fingerprint density at radius 2 is 2.17 bits per heavy atom. The molecule has 0 aliphatic heterocycles. The summed E-state index contributed by atoms with van der Waals surface area (Å²) in [5, 5.41) is 3.22. The largest absolute Gasteiger partial charge is 0.385 e. The molecule has 1 unspecified atom stereocenters. The first-order valence-electron chi connectivity index (χ1n) is 6.48. The van der Waals surface area contributed by atoms with Gasteiger partial charge in [-0.15, -0.1) is 0 Å². The summed E-state index contributed by atoms with van der Waals surface area (Å²) in [7, 11) is 1.84. The molecule has 0 spiro atoms. The Morgan fingerprint density at radius 1 is 1.50 bits per heavy atom. The number of amides is 1. The SMILES string of the molecule is CCNc1cc(C)ncc1C(=O)N(C)C(C)CC. The molecule has 0 radical (unpaired) electrons. The Bertz CT molecular complexity index is 418. The minimum atomic E-state index is 0.0211. The van der Waals surface area contributed by atoms with Gasteiger partial charge in [0.2, 0.25) is 0 Å². The Kier molecular flexibility index (Phi) is 5.13. The number of hydrogen-bond acceptors (Lipinski definition) is 3. The van der Waals surface area contributed by atoms with Gasteiger partial charge in [-0.05, 0) is 33.3 Å². The average molecular weight is 249 g/mol. The Labute approximate surface area is 109 Å². The fourth-order valence-electron chi connectivity index (χ4n) is 1.73. The molecule has 0 fully saturated rings. The smallest absolute Gasteiger partial charge is 0.257 e. The van der Waals surface area contributed by atoms with Crippen LogP contribution < -0.4 is 5.32 Å². The average Bonchev–Trinajstić information content (AvgIpc) is 2.37. The van der Waals surface area contributed by atoms with Gasteiger partial charge in [0.05, 0.1) is 11.3 Å². The van der Waals surface area contributed by atoms with E-state index in [-0.39, 0.29) is 11.9 Å². The third-order valence-electron chi connectivity index (χ3n) is 3.21. The van der Waals surface area contributed by atoms with Crippen LogP contribution in [0.5, 0.6) is 0 Å². The number of rotatable bonds is 5. The van der Waals surface area contributed by atoms with E-state index in [4.69, 9.17) is 0 Å². The lowest BCUT2D eigenvalue weighted by Crippen LogP contribution is -2.35. The summed E-state index contributed by atoms with van der Waals surface area (Å²) in [5.41, 5.74) is 2.42. The summed E-state index contributed by atoms with van der Waals surface area (Å²) >= 11 is 0. The molecule has 4 heteroatoms. The van der Waals surface area contributed by atoms with Crippen LogP contribution in [0.4, 0.5) is 5.69 Å². The standard InChI is InChI=1S/C14H23N3O/c1-6-11(4)17(5)14(18)12-9-16-10(3)8-13(12)15-7-2/h8-9,11H,6-7H2,1-5H3,(H,15,16). The van der Waals surface area contributed by atoms with E-state index in [2.05, 4.69) is 17.2 Å². The molecule has 1 rings (SSSR count). The Morgan fingerprint density at radius 3 is 2.72 bits per heavy atom. The predicted molar refractivity (Wildman–Crippen MR) is 75.0 cm³/mol. The number of nitrogens with zero attached hydrogens (tertiary/aromatic N) is 2. The second kappa shape index (κ2) is 6.38. The van der Waals surface area contributed by atoms with Gasteiger partial charge < -0.3 is 10.2 Å². The molecule has 1 amide bonds. The van der Waals surface area contributed by atoms with E-state index in [1.165, 1.54) is 0 Å². The van der Waals surface area contributed by atoms with Crippen molar-refractivity contribution >= 4 is 11.6 Å². The first-order chi connectivity index (χ1) is 8.51. The van der Waals surface area contributed by atoms with Gasteiger partial charge in [0.1, 0.15) is 0 Å². The van der Waals surface area contributed by atoms with Crippen molar-refractivity contribution in [3.63, 3.8) is 0 Å². The van der Waals surface area contributed by atoms with Gasteiger partial charge in [-0.3, -0.25) is 9.78 Å². The van der Waals surface area contributed by atoms with E-state index in [1.807, 2.05) is 33.9 Å². The van der Waals surface area contributed by atoms with Gasteiger partial charge in [0.15, 0.2) is 0 Å². The lowest BCUT2D eigenvalue weighted by atomic mass is 10.1. The van der Waals surface area contributed by atoms with Crippen molar-refractivity contribution in [2.24, 2.45) is 0 Å². The van der Waals surface area contributed by atoms with E-state index in [0.717, 1.165) is 24.3 Å². The van der Waals surface area contributed by atoms with Crippen molar-refractivity contribution in [1.29, 1.82) is 0 Å². The van der Waals surface area contributed by atoms with Gasteiger partial charge in [-0.2, -0.15) is 0 Å². The predicted octanol–water partition coefficient (Wildman–Crippen LogP) is 2.69. The van der Waals surface area contributed by atoms with Crippen LogP contribution in [0.25, 0.3) is 0 Å². The molecule has 0 bridgehead atoms. The third-order valence-corrected chi connectivity index (χ3v) is 3.21. The summed E-state index contributed by atoms with van der Waals surface area (Å²) in [4.78, 5) is 18.4. The number of aryl methyl sites for hydroxylation is 1. The first-order valence-corrected chi connectivity index (χ1v) is 6.48. The lowest BCUT2D eigenvalue weighted by Gasteiger charge is -2.25. The lowest BCUT2D eigenvalue weighted by molar-refractivity contribution is 0.0741. The van der Waals surface area contributed by atoms with Crippen molar-refractivity contribution in [2.75, 3.05) is 18.9 Å². The molecule has 1 aromatic heterocycles. The minimum Gasteiger partial charge on any atom is -0.385 e. The Hall–Kier alpha value is -1.58. The van der Waals surface area contributed by atoms with E-state index < -0.39 is 0 Å². The monoisotopic (exact) mass is 249 g/mol. The van der Waals surface area contributed by atoms with Crippen molar-refractivity contribution in [1.82, 2.24) is 9.88 Å². The number of hydrogen-bond donors (Lipinski definition) is 1. The maximum atomic E-state index is 12.4. The van der Waals surface area contributed by atoms with E-state index in [0.29, 0.717) is 5.56 Å². The highest BCUT2D eigenvalue weighted by Gasteiger charge is 2.19. The number of anilines is 1. The Balaban J connectivity index is 3.04. The maximum absolute atomic E-state index is 12.4. The van der Waals surface area contributed by atoms with E-state index >= 15 is 0 Å². The van der Waals surface area contributed by atoms with Gasteiger partial charge in [0.25, 0.3) is 5.91 Å². The molecule has 0 aliphatic carbocycles. The molecule has 0 saturated heterocycles. The number of aromatic nitrogens is 1. The van der Waals surface area contributed by atoms with Crippen molar-refractivity contribution in [3.8, 4) is 0 Å². The highest BCUT2D eigenvalue weighted by Crippen LogP contribution is 2.18. The van der Waals surface area contributed by atoms with Crippen LogP contribution >= 0.6 is 0 Å². The van der Waals surface area contributed by atoms with Crippen molar-refractivity contribution in [3.05, 3.63) is 23.5 Å². The zero-order valence-electron chi connectivity index (χ0n) is 11.9. The van der Waals surface area contributed by atoms with Crippen molar-refractivity contribution in [2.45, 2.75) is 40.2 Å². The molecule has 0 saturated carbocycles. The summed E-state index contributed by atoms with van der Waals surface area (Å²) in [5.74, 6) is 0.0211. The van der Waals surface area contributed by atoms with Crippen LogP contribution in [0.2, 0.25) is 0 Å². The quantitative estimate of drug-likeness (QED) is 0.872. The van der Waals surface area contributed by atoms with E-state index in [1.54, 1.807) is 11.1 Å². The highest BCUT2D eigenvalue weighted by molar-refractivity contribution is 5.99. The van der Waals surface area contributed by atoms with Crippen LogP contribution in [-0.2, 0) is 0 Å². The second-order valence-electron chi connectivity index (χ2n) is 4.57. The molecule has 1 aromatic rings. The number of carbonyl (C=O) groups is 1. The molecule has 1 atom stereocenters. The molecule has 1 N–H and O–H groups in total. The summed E-state index contributed by atoms with van der Waals surface area (Å²) < 4.78 is 0. The normalized spacial score (nSPS) is 12.1. The summed E-state index contributed by atoms with van der Waals surface area (Å²) in [6, 6.07) is 2.15. The van der Waals surface area contributed by atoms with Crippen LogP contribution in [-0.4, -0.2) is 35.4 Å². The molecule has 0 aliphatic rings. The fraction of sp³-hybridized carbons (Fsp3) is 0.571. The van der Waals surface area contributed by atoms with Crippen LogP contribution in [0.15, 0.2) is 12.3 Å². The van der Waals surface area contributed by atoms with Gasteiger partial charge in [-0.1, -0.05) is 6.92 Å². The minimum absolute atomic E-state index is 0.0211. The molecule has 1 heterocycles. The van der Waals surface area contributed by atoms with E-state index in [9.17, 15) is 4.79 Å².